The first-order chi connectivity index (χ1) is 21.7. The molecule has 4 aromatic rings. The molecule has 0 saturated carbocycles. The summed E-state index contributed by atoms with van der Waals surface area (Å²) in [6.07, 6.45) is 1.54. The zero-order valence-electron chi connectivity index (χ0n) is 26.3. The molecule has 0 bridgehead atoms. The Bertz CT molecular complexity index is 1690. The SMILES string of the molecule is CCc1ccccc1SNC(=O)C(c1cccc(OC)c1)N1CCc2c(N(CC(=O)O)Sc3c(C)cc(C)cc3C)cccc21. The van der Waals surface area contributed by atoms with E-state index in [0.717, 1.165) is 49.8 Å². The van der Waals surface area contributed by atoms with Gasteiger partial charge >= 0.3 is 5.97 Å². The molecule has 234 valence electrons. The van der Waals surface area contributed by atoms with Gasteiger partial charge in [0.15, 0.2) is 0 Å². The number of aliphatic carboxylic acids is 1. The standard InChI is InChI=1S/C36H39N3O4S2/c1-6-26-11-7-8-16-32(26)44-37-36(42)34(27-12-9-13-28(21-27)43-5)38-18-17-29-30(38)14-10-15-31(29)39(22-33(40)41)45-35-24(3)19-23(2)20-25(35)4/h7-16,19-21,34H,6,17-18,22H2,1-5H3,(H,37,42)(H,40,41). The Balaban J connectivity index is 1.52. The van der Waals surface area contributed by atoms with Crippen molar-refractivity contribution in [2.24, 2.45) is 0 Å². The Kier molecular flexibility index (Phi) is 10.3. The Labute approximate surface area is 274 Å². The number of hydrogen-bond donors (Lipinski definition) is 2. The molecule has 0 radical (unpaired) electrons. The number of ether oxygens (including phenoxy) is 1. The van der Waals surface area contributed by atoms with Crippen LogP contribution in [0.3, 0.4) is 0 Å². The lowest BCUT2D eigenvalue weighted by Crippen LogP contribution is -2.37. The van der Waals surface area contributed by atoms with Crippen molar-refractivity contribution in [1.82, 2.24) is 4.72 Å². The molecule has 4 aromatic carbocycles. The zero-order valence-corrected chi connectivity index (χ0v) is 27.9. The lowest BCUT2D eigenvalue weighted by Gasteiger charge is -2.31. The maximum Gasteiger partial charge on any atom is 0.324 e. The van der Waals surface area contributed by atoms with Crippen molar-refractivity contribution in [3.8, 4) is 5.75 Å². The summed E-state index contributed by atoms with van der Waals surface area (Å²) in [7, 11) is 1.62. The van der Waals surface area contributed by atoms with E-state index in [9.17, 15) is 14.7 Å². The van der Waals surface area contributed by atoms with Crippen LogP contribution in [0.5, 0.6) is 5.75 Å². The van der Waals surface area contributed by atoms with Crippen LogP contribution in [0, 0.1) is 20.8 Å². The van der Waals surface area contributed by atoms with Gasteiger partial charge in [0.1, 0.15) is 18.3 Å². The molecule has 5 rings (SSSR count). The molecule has 0 aromatic heterocycles. The van der Waals surface area contributed by atoms with Gasteiger partial charge in [-0.3, -0.25) is 14.3 Å². The van der Waals surface area contributed by atoms with E-state index in [1.54, 1.807) is 7.11 Å². The number of nitrogens with one attached hydrogen (secondary N) is 1. The highest BCUT2D eigenvalue weighted by Crippen LogP contribution is 2.44. The number of carbonyl (C=O) groups excluding carboxylic acids is 1. The number of carboxylic acid groups (broad SMARTS) is 1. The first-order valence-corrected chi connectivity index (χ1v) is 16.6. The van der Waals surface area contributed by atoms with Gasteiger partial charge in [0.05, 0.1) is 12.8 Å². The predicted octanol–water partition coefficient (Wildman–Crippen LogP) is 7.71. The van der Waals surface area contributed by atoms with E-state index in [1.807, 2.05) is 65.0 Å². The molecule has 0 fully saturated rings. The summed E-state index contributed by atoms with van der Waals surface area (Å²) in [6.45, 7) is 8.73. The predicted molar refractivity (Wildman–Crippen MR) is 185 cm³/mol. The van der Waals surface area contributed by atoms with Crippen molar-refractivity contribution in [2.45, 2.75) is 56.4 Å². The summed E-state index contributed by atoms with van der Waals surface area (Å²) < 4.78 is 10.5. The Morgan fingerprint density at radius 1 is 1.00 bits per heavy atom. The minimum atomic E-state index is -0.907. The van der Waals surface area contributed by atoms with Crippen LogP contribution in [0.1, 0.15) is 46.3 Å². The van der Waals surface area contributed by atoms with Gasteiger partial charge in [0, 0.05) is 27.6 Å². The maximum absolute atomic E-state index is 14.1. The number of benzene rings is 4. The van der Waals surface area contributed by atoms with Crippen LogP contribution >= 0.6 is 23.9 Å². The first-order valence-electron chi connectivity index (χ1n) is 15.0. The monoisotopic (exact) mass is 641 g/mol. The molecule has 0 saturated heterocycles. The minimum absolute atomic E-state index is 0.139. The molecule has 0 spiro atoms. The fourth-order valence-electron chi connectivity index (χ4n) is 5.99. The van der Waals surface area contributed by atoms with Crippen molar-refractivity contribution in [1.29, 1.82) is 0 Å². The molecular formula is C36H39N3O4S2. The summed E-state index contributed by atoms with van der Waals surface area (Å²) in [5, 5.41) is 9.92. The average Bonchev–Trinajstić information content (AvgIpc) is 3.45. The molecule has 1 atom stereocenters. The van der Waals surface area contributed by atoms with E-state index in [0.29, 0.717) is 18.7 Å². The molecule has 45 heavy (non-hydrogen) atoms. The largest absolute Gasteiger partial charge is 0.497 e. The molecule has 9 heteroatoms. The second-order valence-electron chi connectivity index (χ2n) is 11.2. The summed E-state index contributed by atoms with van der Waals surface area (Å²) in [5.74, 6) is -0.370. The third-order valence-electron chi connectivity index (χ3n) is 7.98. The number of fused-ring (bicyclic) bond motifs is 1. The molecule has 7 nitrogen and oxygen atoms in total. The highest BCUT2D eigenvalue weighted by molar-refractivity contribution is 8.00. The molecule has 1 unspecified atom stereocenters. The molecule has 1 amide bonds. The number of nitrogens with zero attached hydrogens (tertiary/aromatic N) is 2. The van der Waals surface area contributed by atoms with Gasteiger partial charge < -0.3 is 19.0 Å². The summed E-state index contributed by atoms with van der Waals surface area (Å²) in [5.41, 5.74) is 8.18. The van der Waals surface area contributed by atoms with E-state index in [1.165, 1.54) is 35.0 Å². The van der Waals surface area contributed by atoms with Gasteiger partial charge in [0.2, 0.25) is 0 Å². The molecule has 1 heterocycles. The number of amides is 1. The number of methoxy groups -OCH3 is 1. The summed E-state index contributed by atoms with van der Waals surface area (Å²) in [6, 6.07) is 25.3. The number of carbonyl (C=O) groups is 2. The maximum atomic E-state index is 14.1. The lowest BCUT2D eigenvalue weighted by molar-refractivity contribution is -0.135. The average molecular weight is 642 g/mol. The van der Waals surface area contributed by atoms with Crippen LogP contribution in [-0.2, 0) is 22.4 Å². The second kappa shape index (κ2) is 14.3. The number of aryl methyl sites for hydroxylation is 4. The van der Waals surface area contributed by atoms with Gasteiger partial charge in [-0.25, -0.2) is 0 Å². The quantitative estimate of drug-likeness (QED) is 0.152. The summed E-state index contributed by atoms with van der Waals surface area (Å²) in [4.78, 5) is 30.4. The lowest BCUT2D eigenvalue weighted by atomic mass is 10.0. The van der Waals surface area contributed by atoms with Gasteiger partial charge in [0.25, 0.3) is 5.91 Å². The van der Waals surface area contributed by atoms with Gasteiger partial charge in [-0.2, -0.15) is 0 Å². The van der Waals surface area contributed by atoms with E-state index < -0.39 is 12.0 Å². The highest BCUT2D eigenvalue weighted by atomic mass is 32.2. The smallest absolute Gasteiger partial charge is 0.324 e. The van der Waals surface area contributed by atoms with Crippen LogP contribution in [0.2, 0.25) is 0 Å². The van der Waals surface area contributed by atoms with E-state index in [2.05, 4.69) is 55.5 Å². The van der Waals surface area contributed by atoms with Gasteiger partial charge in [-0.15, -0.1) is 0 Å². The van der Waals surface area contributed by atoms with Crippen molar-refractivity contribution >= 4 is 47.1 Å². The number of anilines is 2. The van der Waals surface area contributed by atoms with Crippen LogP contribution < -0.4 is 18.7 Å². The van der Waals surface area contributed by atoms with Crippen LogP contribution in [0.25, 0.3) is 0 Å². The van der Waals surface area contributed by atoms with Crippen LogP contribution in [0.4, 0.5) is 11.4 Å². The molecule has 1 aliphatic rings. The molecule has 1 aliphatic heterocycles. The third-order valence-corrected chi connectivity index (χ3v) is 10.3. The molecule has 2 N–H and O–H groups in total. The van der Waals surface area contributed by atoms with Gasteiger partial charge in [-0.1, -0.05) is 61.0 Å². The van der Waals surface area contributed by atoms with E-state index in [-0.39, 0.29) is 12.5 Å². The second-order valence-corrected chi connectivity index (χ2v) is 13.1. The van der Waals surface area contributed by atoms with Gasteiger partial charge in [-0.05, 0) is 110 Å². The Morgan fingerprint density at radius 2 is 1.73 bits per heavy atom. The minimum Gasteiger partial charge on any atom is -0.497 e. The van der Waals surface area contributed by atoms with Crippen molar-refractivity contribution in [3.05, 3.63) is 112 Å². The third kappa shape index (κ3) is 7.26. The summed E-state index contributed by atoms with van der Waals surface area (Å²) >= 11 is 2.80. The van der Waals surface area contributed by atoms with Crippen molar-refractivity contribution in [3.63, 3.8) is 0 Å². The van der Waals surface area contributed by atoms with Crippen LogP contribution in [-0.4, -0.2) is 37.2 Å². The van der Waals surface area contributed by atoms with Crippen LogP contribution in [0.15, 0.2) is 88.7 Å². The molecular weight excluding hydrogens is 603 g/mol. The fraction of sp³-hybridized carbons (Fsp3) is 0.278. The van der Waals surface area contributed by atoms with E-state index in [4.69, 9.17) is 4.74 Å². The molecule has 0 aliphatic carbocycles. The Hall–Kier alpha value is -4.08. The topological polar surface area (TPSA) is 82.1 Å². The van der Waals surface area contributed by atoms with E-state index >= 15 is 0 Å². The van der Waals surface area contributed by atoms with Crippen molar-refractivity contribution in [2.75, 3.05) is 29.4 Å². The van der Waals surface area contributed by atoms with Crippen molar-refractivity contribution < 1.29 is 19.4 Å². The first kappa shape index (κ1) is 32.3. The Morgan fingerprint density at radius 3 is 2.44 bits per heavy atom. The number of rotatable bonds is 12. The fourth-order valence-corrected chi connectivity index (χ4v) is 7.88. The zero-order chi connectivity index (χ0) is 32.1. The number of carboxylic acids is 1. The highest BCUT2D eigenvalue weighted by Gasteiger charge is 2.35. The number of hydrogen-bond acceptors (Lipinski definition) is 7. The normalized spacial score (nSPS) is 12.9.